The topological polar surface area (TPSA) is 83.0 Å². The molecule has 0 saturated carbocycles. The van der Waals surface area contributed by atoms with Crippen molar-refractivity contribution >= 4 is 11.7 Å². The monoisotopic (exact) mass is 216 g/mol. The van der Waals surface area contributed by atoms with Crippen LogP contribution < -0.4 is 5.73 Å². The van der Waals surface area contributed by atoms with E-state index in [0.29, 0.717) is 18.7 Å². The number of hydrogen-bond acceptors (Lipinski definition) is 4. The molecule has 16 heavy (non-hydrogen) atoms. The lowest BCUT2D eigenvalue weighted by Gasteiger charge is -2.11. The Labute approximate surface area is 93.5 Å². The summed E-state index contributed by atoms with van der Waals surface area (Å²) in [5.41, 5.74) is 8.71. The van der Waals surface area contributed by atoms with Crippen molar-refractivity contribution in [3.63, 3.8) is 0 Å². The van der Waals surface area contributed by atoms with Gasteiger partial charge in [-0.15, -0.1) is 0 Å². The van der Waals surface area contributed by atoms with E-state index >= 15 is 0 Å². The summed E-state index contributed by atoms with van der Waals surface area (Å²) in [4.78, 5) is 17.1. The average molecular weight is 216 g/mol. The summed E-state index contributed by atoms with van der Waals surface area (Å²) in [7, 11) is 0. The zero-order chi connectivity index (χ0) is 11.9. The van der Waals surface area contributed by atoms with Gasteiger partial charge in [-0.2, -0.15) is 5.26 Å². The van der Waals surface area contributed by atoms with E-state index in [1.54, 1.807) is 4.90 Å². The lowest BCUT2D eigenvalue weighted by atomic mass is 10.0. The predicted octanol–water partition coefficient (Wildman–Crippen LogP) is 0.706. The highest BCUT2D eigenvalue weighted by atomic mass is 16.2. The number of carbonyl (C=O) groups excluding carboxylic acids is 1. The van der Waals surface area contributed by atoms with Crippen molar-refractivity contribution in [3.8, 4) is 6.07 Å². The normalized spacial score (nSPS) is 13.4. The number of carbonyl (C=O) groups is 1. The molecule has 2 N–H and O–H groups in total. The van der Waals surface area contributed by atoms with Gasteiger partial charge in [0.25, 0.3) is 0 Å². The first kappa shape index (κ1) is 10.4. The van der Waals surface area contributed by atoms with Crippen molar-refractivity contribution in [2.24, 2.45) is 0 Å². The molecule has 5 nitrogen and oxygen atoms in total. The van der Waals surface area contributed by atoms with E-state index in [-0.39, 0.29) is 11.7 Å². The van der Waals surface area contributed by atoms with Crippen LogP contribution in [0.4, 0.5) is 5.82 Å². The Bertz CT molecular complexity index is 516. The number of anilines is 1. The van der Waals surface area contributed by atoms with Crippen molar-refractivity contribution in [1.29, 1.82) is 5.26 Å². The zero-order valence-electron chi connectivity index (χ0n) is 9.24. The van der Waals surface area contributed by atoms with Gasteiger partial charge in [0, 0.05) is 25.7 Å². The van der Waals surface area contributed by atoms with Crippen LogP contribution in [0.15, 0.2) is 0 Å². The van der Waals surface area contributed by atoms with Gasteiger partial charge in [0.1, 0.15) is 11.9 Å². The van der Waals surface area contributed by atoms with Crippen LogP contribution in [0.3, 0.4) is 0 Å². The molecule has 0 spiro atoms. The number of pyridine rings is 1. The van der Waals surface area contributed by atoms with Crippen molar-refractivity contribution in [2.45, 2.75) is 26.9 Å². The van der Waals surface area contributed by atoms with Crippen LogP contribution in [0.5, 0.6) is 0 Å². The first-order chi connectivity index (χ1) is 7.54. The largest absolute Gasteiger partial charge is 0.383 e. The summed E-state index contributed by atoms with van der Waals surface area (Å²) in [6.45, 7) is 4.35. The van der Waals surface area contributed by atoms with Gasteiger partial charge in [0.2, 0.25) is 5.91 Å². The van der Waals surface area contributed by atoms with Crippen LogP contribution in [0.2, 0.25) is 0 Å². The van der Waals surface area contributed by atoms with Gasteiger partial charge in [0.15, 0.2) is 0 Å². The molecule has 2 heterocycles. The maximum absolute atomic E-state index is 11.3. The Balaban J connectivity index is 2.56. The minimum atomic E-state index is -0.00180. The van der Waals surface area contributed by atoms with E-state index in [4.69, 9.17) is 11.0 Å². The highest BCUT2D eigenvalue weighted by Gasteiger charge is 2.27. The molecule has 1 amide bonds. The smallest absolute Gasteiger partial charge is 0.220 e. The molecule has 0 aliphatic carbocycles. The molecule has 0 bridgehead atoms. The summed E-state index contributed by atoms with van der Waals surface area (Å²) in [5.74, 6) is 0.252. The second kappa shape index (κ2) is 3.49. The fraction of sp³-hybridized carbons (Fsp3) is 0.364. The second-order valence-electron chi connectivity index (χ2n) is 3.90. The third-order valence-electron chi connectivity index (χ3n) is 2.90. The number of aryl methyl sites for hydroxylation is 1. The Morgan fingerprint density at radius 3 is 2.69 bits per heavy atom. The highest BCUT2D eigenvalue weighted by Crippen LogP contribution is 2.30. The maximum Gasteiger partial charge on any atom is 0.220 e. The van der Waals surface area contributed by atoms with Crippen molar-refractivity contribution < 1.29 is 4.79 Å². The summed E-state index contributed by atoms with van der Waals surface area (Å²) in [5, 5.41) is 9.02. The number of nitriles is 1. The fourth-order valence-electron chi connectivity index (χ4n) is 2.00. The third kappa shape index (κ3) is 1.39. The van der Waals surface area contributed by atoms with Gasteiger partial charge in [-0.05, 0) is 18.1 Å². The van der Waals surface area contributed by atoms with Crippen LogP contribution in [-0.4, -0.2) is 15.8 Å². The first-order valence-corrected chi connectivity index (χ1v) is 4.98. The summed E-state index contributed by atoms with van der Waals surface area (Å²) < 4.78 is 0. The van der Waals surface area contributed by atoms with Crippen molar-refractivity contribution in [1.82, 2.24) is 9.88 Å². The average Bonchev–Trinajstić information content (AvgIpc) is 2.63. The molecule has 0 aromatic carbocycles. The quantitative estimate of drug-likeness (QED) is 0.692. The molecule has 1 aliphatic heterocycles. The fourth-order valence-corrected chi connectivity index (χ4v) is 2.00. The molecular formula is C11H12N4O. The lowest BCUT2D eigenvalue weighted by molar-refractivity contribution is -0.129. The number of nitrogens with zero attached hydrogens (tertiary/aromatic N) is 3. The SMILES string of the molecule is CC(=O)N1Cc2c(C)nc(N)c(C#N)c2C1. The van der Waals surface area contributed by atoms with E-state index in [9.17, 15) is 4.79 Å². The lowest BCUT2D eigenvalue weighted by Crippen LogP contribution is -2.21. The number of amides is 1. The summed E-state index contributed by atoms with van der Waals surface area (Å²) in [6.07, 6.45) is 0. The number of nitrogen functional groups attached to an aromatic ring is 1. The predicted molar refractivity (Wildman–Crippen MR) is 58.0 cm³/mol. The van der Waals surface area contributed by atoms with E-state index < -0.39 is 0 Å². The Kier molecular flexibility index (Phi) is 2.27. The number of hydrogen-bond donors (Lipinski definition) is 1. The first-order valence-electron chi connectivity index (χ1n) is 4.98. The minimum Gasteiger partial charge on any atom is -0.383 e. The van der Waals surface area contributed by atoms with Gasteiger partial charge >= 0.3 is 0 Å². The van der Waals surface area contributed by atoms with Gasteiger partial charge in [-0.25, -0.2) is 4.98 Å². The van der Waals surface area contributed by atoms with Crippen LogP contribution >= 0.6 is 0 Å². The van der Waals surface area contributed by atoms with E-state index in [2.05, 4.69) is 11.1 Å². The van der Waals surface area contributed by atoms with Gasteiger partial charge in [0.05, 0.1) is 5.56 Å². The summed E-state index contributed by atoms with van der Waals surface area (Å²) >= 11 is 0. The molecule has 1 aliphatic rings. The van der Waals surface area contributed by atoms with Crippen LogP contribution in [0.1, 0.15) is 29.3 Å². The Morgan fingerprint density at radius 2 is 2.12 bits per heavy atom. The number of rotatable bonds is 0. The van der Waals surface area contributed by atoms with E-state index in [1.807, 2.05) is 6.92 Å². The van der Waals surface area contributed by atoms with Crippen LogP contribution in [-0.2, 0) is 17.9 Å². The standard InChI is InChI=1S/C11H12N4O/c1-6-9-4-15(7(2)16)5-10(9)8(3-12)11(13)14-6/h4-5H2,1-2H3,(H2,13,14). The van der Waals surface area contributed by atoms with Crippen LogP contribution in [0, 0.1) is 18.3 Å². The number of nitrogens with two attached hydrogens (primary N) is 1. The van der Waals surface area contributed by atoms with Crippen LogP contribution in [0.25, 0.3) is 0 Å². The maximum atomic E-state index is 11.3. The minimum absolute atomic E-state index is 0.00180. The molecule has 82 valence electrons. The Morgan fingerprint density at radius 1 is 1.50 bits per heavy atom. The van der Waals surface area contributed by atoms with Gasteiger partial charge in [-0.3, -0.25) is 4.79 Å². The summed E-state index contributed by atoms with van der Waals surface area (Å²) in [6, 6.07) is 2.06. The molecule has 1 aromatic rings. The highest BCUT2D eigenvalue weighted by molar-refractivity contribution is 5.75. The molecule has 0 radical (unpaired) electrons. The molecule has 1 aromatic heterocycles. The Hall–Kier alpha value is -2.09. The third-order valence-corrected chi connectivity index (χ3v) is 2.90. The zero-order valence-corrected chi connectivity index (χ0v) is 9.24. The molecular weight excluding hydrogens is 204 g/mol. The van der Waals surface area contributed by atoms with Gasteiger partial charge in [-0.1, -0.05) is 0 Å². The molecule has 2 rings (SSSR count). The second-order valence-corrected chi connectivity index (χ2v) is 3.90. The molecule has 0 unspecified atom stereocenters. The van der Waals surface area contributed by atoms with E-state index in [1.165, 1.54) is 6.92 Å². The van der Waals surface area contributed by atoms with Crippen molar-refractivity contribution in [3.05, 3.63) is 22.4 Å². The number of fused-ring (bicyclic) bond motifs is 1. The molecule has 0 atom stereocenters. The molecule has 0 saturated heterocycles. The van der Waals surface area contributed by atoms with Crippen molar-refractivity contribution in [2.75, 3.05) is 5.73 Å². The molecule has 0 fully saturated rings. The molecule has 5 heteroatoms. The van der Waals surface area contributed by atoms with E-state index in [0.717, 1.165) is 16.8 Å². The number of aromatic nitrogens is 1. The van der Waals surface area contributed by atoms with Gasteiger partial charge < -0.3 is 10.6 Å².